The summed E-state index contributed by atoms with van der Waals surface area (Å²) in [5.41, 5.74) is 8.51. The zero-order valence-corrected chi connectivity index (χ0v) is 11.0. The second-order valence-corrected chi connectivity index (χ2v) is 4.59. The number of fused-ring (bicyclic) bond motifs is 1. The highest BCUT2D eigenvalue weighted by molar-refractivity contribution is 6.04. The zero-order chi connectivity index (χ0) is 14.1. The Labute approximate surface area is 116 Å². The normalized spacial score (nSPS) is 12.2. The van der Waals surface area contributed by atoms with Crippen molar-refractivity contribution in [2.45, 2.75) is 6.92 Å². The van der Waals surface area contributed by atoms with Crippen molar-refractivity contribution in [3.8, 4) is 11.5 Å². The molecule has 3 N–H and O–H groups in total. The molecule has 0 spiro atoms. The molecule has 0 unspecified atom stereocenters. The lowest BCUT2D eigenvalue weighted by molar-refractivity contribution is 0.102. The molecule has 0 bridgehead atoms. The fraction of sp³-hybridized carbons (Fsp3) is 0.133. The van der Waals surface area contributed by atoms with Gasteiger partial charge in [-0.25, -0.2) is 0 Å². The van der Waals surface area contributed by atoms with Gasteiger partial charge in [0.2, 0.25) is 6.79 Å². The van der Waals surface area contributed by atoms with E-state index in [2.05, 4.69) is 5.32 Å². The largest absolute Gasteiger partial charge is 0.454 e. The molecule has 2 aromatic rings. The van der Waals surface area contributed by atoms with E-state index >= 15 is 0 Å². The van der Waals surface area contributed by atoms with Gasteiger partial charge in [0.15, 0.2) is 11.5 Å². The van der Waals surface area contributed by atoms with Gasteiger partial charge in [-0.1, -0.05) is 0 Å². The molecule has 3 rings (SSSR count). The predicted molar refractivity (Wildman–Crippen MR) is 76.1 cm³/mol. The first-order valence-corrected chi connectivity index (χ1v) is 6.20. The van der Waals surface area contributed by atoms with Crippen LogP contribution >= 0.6 is 0 Å². The number of carbonyl (C=O) groups is 1. The van der Waals surface area contributed by atoms with E-state index in [1.165, 1.54) is 0 Å². The number of benzene rings is 2. The molecular weight excluding hydrogens is 256 g/mol. The lowest BCUT2D eigenvalue weighted by Crippen LogP contribution is -2.12. The van der Waals surface area contributed by atoms with Crippen LogP contribution in [0.2, 0.25) is 0 Å². The summed E-state index contributed by atoms with van der Waals surface area (Å²) in [7, 11) is 0. The molecule has 0 aromatic heterocycles. The maximum absolute atomic E-state index is 12.2. The highest BCUT2D eigenvalue weighted by Gasteiger charge is 2.14. The summed E-state index contributed by atoms with van der Waals surface area (Å²) >= 11 is 0. The smallest absolute Gasteiger partial charge is 0.255 e. The molecule has 1 aliphatic heterocycles. The number of nitrogens with one attached hydrogen (secondary N) is 1. The van der Waals surface area contributed by atoms with Gasteiger partial charge in [0.05, 0.1) is 0 Å². The van der Waals surface area contributed by atoms with Crippen LogP contribution in [-0.4, -0.2) is 12.7 Å². The fourth-order valence-electron chi connectivity index (χ4n) is 1.99. The zero-order valence-electron chi connectivity index (χ0n) is 11.0. The topological polar surface area (TPSA) is 73.6 Å². The number of ether oxygens (including phenoxy) is 2. The lowest BCUT2D eigenvalue weighted by Gasteiger charge is -2.07. The van der Waals surface area contributed by atoms with Gasteiger partial charge in [-0.15, -0.1) is 0 Å². The molecule has 2 aromatic carbocycles. The van der Waals surface area contributed by atoms with E-state index in [0.29, 0.717) is 28.4 Å². The van der Waals surface area contributed by atoms with E-state index in [9.17, 15) is 4.79 Å². The molecule has 102 valence electrons. The monoisotopic (exact) mass is 270 g/mol. The summed E-state index contributed by atoms with van der Waals surface area (Å²) in [4.78, 5) is 12.2. The number of hydrogen-bond acceptors (Lipinski definition) is 4. The third-order valence-electron chi connectivity index (χ3n) is 3.16. The number of nitrogen functional groups attached to an aromatic ring is 1. The highest BCUT2D eigenvalue weighted by atomic mass is 16.7. The van der Waals surface area contributed by atoms with E-state index < -0.39 is 0 Å². The summed E-state index contributed by atoms with van der Waals surface area (Å²) in [6, 6.07) is 10.5. The number of rotatable bonds is 2. The number of carbonyl (C=O) groups excluding carboxylic acids is 1. The first kappa shape index (κ1) is 12.3. The van der Waals surface area contributed by atoms with E-state index in [1.54, 1.807) is 36.4 Å². The Morgan fingerprint density at radius 2 is 1.95 bits per heavy atom. The van der Waals surface area contributed by atoms with Gasteiger partial charge in [0, 0.05) is 23.0 Å². The molecule has 20 heavy (non-hydrogen) atoms. The summed E-state index contributed by atoms with van der Waals surface area (Å²) in [6.07, 6.45) is 0. The third kappa shape index (κ3) is 2.25. The predicted octanol–water partition coefficient (Wildman–Crippen LogP) is 2.56. The Kier molecular flexibility index (Phi) is 2.95. The van der Waals surface area contributed by atoms with Crippen LogP contribution in [0.15, 0.2) is 36.4 Å². The SMILES string of the molecule is Cc1cc(C(=O)Nc2ccc3c(c2)OCO3)ccc1N. The lowest BCUT2D eigenvalue weighted by atomic mass is 10.1. The van der Waals surface area contributed by atoms with Crippen LogP contribution in [0.4, 0.5) is 11.4 Å². The van der Waals surface area contributed by atoms with Gasteiger partial charge >= 0.3 is 0 Å². The summed E-state index contributed by atoms with van der Waals surface area (Å²) < 4.78 is 10.5. The highest BCUT2D eigenvalue weighted by Crippen LogP contribution is 2.34. The number of nitrogens with two attached hydrogens (primary N) is 1. The minimum absolute atomic E-state index is 0.188. The Balaban J connectivity index is 1.80. The van der Waals surface area contributed by atoms with Crippen LogP contribution in [0.3, 0.4) is 0 Å². The molecule has 0 aliphatic carbocycles. The van der Waals surface area contributed by atoms with Crippen LogP contribution in [0.5, 0.6) is 11.5 Å². The molecule has 0 atom stereocenters. The van der Waals surface area contributed by atoms with Crippen LogP contribution in [0.25, 0.3) is 0 Å². The number of anilines is 2. The van der Waals surface area contributed by atoms with Gasteiger partial charge < -0.3 is 20.5 Å². The Hall–Kier alpha value is -2.69. The van der Waals surface area contributed by atoms with E-state index in [-0.39, 0.29) is 12.7 Å². The minimum Gasteiger partial charge on any atom is -0.454 e. The van der Waals surface area contributed by atoms with Crippen molar-refractivity contribution in [1.82, 2.24) is 0 Å². The van der Waals surface area contributed by atoms with Gasteiger partial charge in [-0.3, -0.25) is 4.79 Å². The van der Waals surface area contributed by atoms with Crippen LogP contribution < -0.4 is 20.5 Å². The summed E-state index contributed by atoms with van der Waals surface area (Å²) in [5.74, 6) is 1.13. The quantitative estimate of drug-likeness (QED) is 0.822. The van der Waals surface area contributed by atoms with E-state index in [0.717, 1.165) is 5.56 Å². The molecule has 5 nitrogen and oxygen atoms in total. The first-order chi connectivity index (χ1) is 9.63. The Morgan fingerprint density at radius 1 is 1.15 bits per heavy atom. The number of hydrogen-bond donors (Lipinski definition) is 2. The maximum Gasteiger partial charge on any atom is 0.255 e. The van der Waals surface area contributed by atoms with Gasteiger partial charge in [0.1, 0.15) is 0 Å². The van der Waals surface area contributed by atoms with Crippen molar-refractivity contribution in [2.75, 3.05) is 17.8 Å². The van der Waals surface area contributed by atoms with Gasteiger partial charge in [0.25, 0.3) is 5.91 Å². The van der Waals surface area contributed by atoms with Crippen molar-refractivity contribution < 1.29 is 14.3 Å². The number of amides is 1. The van der Waals surface area contributed by atoms with Gasteiger partial charge in [-0.05, 0) is 42.8 Å². The van der Waals surface area contributed by atoms with Crippen molar-refractivity contribution in [3.63, 3.8) is 0 Å². The Morgan fingerprint density at radius 3 is 2.75 bits per heavy atom. The van der Waals surface area contributed by atoms with Crippen molar-refractivity contribution in [2.24, 2.45) is 0 Å². The summed E-state index contributed by atoms with van der Waals surface area (Å²) in [5, 5.41) is 2.82. The second kappa shape index (κ2) is 4.77. The first-order valence-electron chi connectivity index (χ1n) is 6.20. The standard InChI is InChI=1S/C15H14N2O3/c1-9-6-10(2-4-12(9)16)15(18)17-11-3-5-13-14(7-11)20-8-19-13/h2-7H,8,16H2,1H3,(H,17,18). The van der Waals surface area contributed by atoms with Crippen LogP contribution in [-0.2, 0) is 0 Å². The second-order valence-electron chi connectivity index (χ2n) is 4.59. The third-order valence-corrected chi connectivity index (χ3v) is 3.16. The number of aryl methyl sites for hydroxylation is 1. The van der Waals surface area contributed by atoms with Crippen LogP contribution in [0, 0.1) is 6.92 Å². The van der Waals surface area contributed by atoms with Gasteiger partial charge in [-0.2, -0.15) is 0 Å². The molecule has 0 saturated heterocycles. The van der Waals surface area contributed by atoms with Crippen molar-refractivity contribution in [1.29, 1.82) is 0 Å². The van der Waals surface area contributed by atoms with Crippen molar-refractivity contribution in [3.05, 3.63) is 47.5 Å². The average molecular weight is 270 g/mol. The van der Waals surface area contributed by atoms with E-state index in [1.807, 2.05) is 6.92 Å². The minimum atomic E-state index is -0.188. The summed E-state index contributed by atoms with van der Waals surface area (Å²) in [6.45, 7) is 2.08. The Bertz CT molecular complexity index is 683. The molecule has 0 saturated carbocycles. The van der Waals surface area contributed by atoms with Crippen LogP contribution in [0.1, 0.15) is 15.9 Å². The average Bonchev–Trinajstić information content (AvgIpc) is 2.89. The van der Waals surface area contributed by atoms with Crippen molar-refractivity contribution >= 4 is 17.3 Å². The molecule has 1 amide bonds. The molecule has 0 radical (unpaired) electrons. The molecular formula is C15H14N2O3. The molecule has 0 fully saturated rings. The fourth-order valence-corrected chi connectivity index (χ4v) is 1.99. The molecule has 1 heterocycles. The van der Waals surface area contributed by atoms with E-state index in [4.69, 9.17) is 15.2 Å². The molecule has 1 aliphatic rings. The molecule has 5 heteroatoms. The maximum atomic E-state index is 12.2.